The minimum atomic E-state index is -0.642. The van der Waals surface area contributed by atoms with Crippen LogP contribution in [0.4, 0.5) is 10.7 Å². The minimum absolute atomic E-state index is 0.197. The van der Waals surface area contributed by atoms with Crippen LogP contribution in [0.15, 0.2) is 42.5 Å². The van der Waals surface area contributed by atoms with Gasteiger partial charge in [-0.25, -0.2) is 14.6 Å². The van der Waals surface area contributed by atoms with E-state index in [4.69, 9.17) is 4.74 Å². The highest BCUT2D eigenvalue weighted by molar-refractivity contribution is 6.15. The number of fused-ring (bicyclic) bond motifs is 1. The number of anilines is 1. The molecule has 0 aliphatic rings. The summed E-state index contributed by atoms with van der Waals surface area (Å²) in [5.74, 6) is -0.608. The number of imidazole rings is 1. The maximum absolute atomic E-state index is 12.9. The zero-order chi connectivity index (χ0) is 19.6. The normalized spacial score (nSPS) is 10.5. The van der Waals surface area contributed by atoms with Crippen molar-refractivity contribution < 1.29 is 23.9 Å². The van der Waals surface area contributed by atoms with E-state index in [0.717, 1.165) is 0 Å². The summed E-state index contributed by atoms with van der Waals surface area (Å²) in [5, 5.41) is 2.51. The lowest BCUT2D eigenvalue weighted by molar-refractivity contribution is 0.0597. The van der Waals surface area contributed by atoms with Gasteiger partial charge < -0.3 is 14.0 Å². The van der Waals surface area contributed by atoms with Crippen molar-refractivity contribution in [3.8, 4) is 0 Å². The molecule has 1 amide bonds. The topological polar surface area (TPSA) is 99.5 Å². The number of benzene rings is 2. The predicted octanol–water partition coefficient (Wildman–Crippen LogP) is 2.77. The van der Waals surface area contributed by atoms with Crippen molar-refractivity contribution in [2.75, 3.05) is 19.5 Å². The van der Waals surface area contributed by atoms with Gasteiger partial charge in [0, 0.05) is 18.2 Å². The summed E-state index contributed by atoms with van der Waals surface area (Å²) in [6.07, 6.45) is -0.642. The number of esters is 1. The van der Waals surface area contributed by atoms with E-state index in [1.54, 1.807) is 54.1 Å². The molecule has 1 N–H and O–H groups in total. The molecule has 138 valence electrons. The Balaban J connectivity index is 2.03. The average molecular weight is 367 g/mol. The Morgan fingerprint density at radius 2 is 1.70 bits per heavy atom. The van der Waals surface area contributed by atoms with E-state index in [-0.39, 0.29) is 22.9 Å². The highest BCUT2D eigenvalue weighted by atomic mass is 16.5. The molecule has 0 unspecified atom stereocenters. The van der Waals surface area contributed by atoms with Gasteiger partial charge in [0.1, 0.15) is 0 Å². The largest absolute Gasteiger partial charge is 0.465 e. The fraction of sp³-hybridized carbons (Fsp3) is 0.158. The van der Waals surface area contributed by atoms with Crippen LogP contribution in [0.3, 0.4) is 0 Å². The highest BCUT2D eigenvalue weighted by Crippen LogP contribution is 2.22. The number of amides is 1. The predicted molar refractivity (Wildman–Crippen MR) is 98.0 cm³/mol. The monoisotopic (exact) mass is 367 g/mol. The fourth-order valence-electron chi connectivity index (χ4n) is 2.71. The standard InChI is InChI=1S/C19H17N3O5/c1-22-15-10-11(8-9-14(15)20-18(22)21-19(25)27-3)16(23)12-6-4-5-7-13(12)17(24)26-2/h4-10H,1-3H3,(H,20,21,25). The molecule has 3 aromatic rings. The van der Waals surface area contributed by atoms with E-state index in [2.05, 4.69) is 15.0 Å². The molecule has 0 aliphatic heterocycles. The first-order chi connectivity index (χ1) is 13.0. The molecule has 0 saturated heterocycles. The van der Waals surface area contributed by atoms with Crippen molar-refractivity contribution in [3.05, 3.63) is 59.2 Å². The summed E-state index contributed by atoms with van der Waals surface area (Å²) in [5.41, 5.74) is 2.07. The van der Waals surface area contributed by atoms with Gasteiger partial charge in [-0.3, -0.25) is 10.1 Å². The molecule has 2 aromatic carbocycles. The van der Waals surface area contributed by atoms with Crippen molar-refractivity contribution >= 4 is 34.8 Å². The maximum Gasteiger partial charge on any atom is 0.413 e. The van der Waals surface area contributed by atoms with Gasteiger partial charge in [0.05, 0.1) is 30.8 Å². The van der Waals surface area contributed by atoms with Crippen molar-refractivity contribution in [2.24, 2.45) is 7.05 Å². The van der Waals surface area contributed by atoms with Crippen LogP contribution >= 0.6 is 0 Å². The molecule has 0 aliphatic carbocycles. The molecule has 0 radical (unpaired) electrons. The van der Waals surface area contributed by atoms with Crippen LogP contribution in [0.25, 0.3) is 11.0 Å². The van der Waals surface area contributed by atoms with Crippen molar-refractivity contribution in [2.45, 2.75) is 0 Å². The summed E-state index contributed by atoms with van der Waals surface area (Å²) in [4.78, 5) is 40.6. The number of rotatable bonds is 4. The summed E-state index contributed by atoms with van der Waals surface area (Å²) >= 11 is 0. The SMILES string of the molecule is COC(=O)Nc1nc2ccc(C(=O)c3ccccc3C(=O)OC)cc2n1C. The quantitative estimate of drug-likeness (QED) is 0.562. The van der Waals surface area contributed by atoms with Crippen molar-refractivity contribution in [1.29, 1.82) is 0 Å². The second-order valence-electron chi connectivity index (χ2n) is 5.68. The molecule has 8 nitrogen and oxygen atoms in total. The van der Waals surface area contributed by atoms with Crippen LogP contribution in [0.2, 0.25) is 0 Å². The van der Waals surface area contributed by atoms with Crippen LogP contribution in [-0.4, -0.2) is 41.6 Å². The first-order valence-electron chi connectivity index (χ1n) is 7.99. The number of aryl methyl sites for hydroxylation is 1. The second-order valence-corrected chi connectivity index (χ2v) is 5.68. The van der Waals surface area contributed by atoms with Gasteiger partial charge in [-0.15, -0.1) is 0 Å². The van der Waals surface area contributed by atoms with Gasteiger partial charge >= 0.3 is 12.1 Å². The molecule has 0 atom stereocenters. The molecule has 3 rings (SSSR count). The van der Waals surface area contributed by atoms with Gasteiger partial charge in [0.25, 0.3) is 0 Å². The average Bonchev–Trinajstić information content (AvgIpc) is 3.01. The van der Waals surface area contributed by atoms with E-state index in [0.29, 0.717) is 16.6 Å². The number of hydrogen-bond donors (Lipinski definition) is 1. The number of nitrogens with one attached hydrogen (secondary N) is 1. The Morgan fingerprint density at radius 1 is 1.00 bits per heavy atom. The molecule has 0 bridgehead atoms. The molecule has 1 aromatic heterocycles. The Labute approximate surface area is 154 Å². The van der Waals surface area contributed by atoms with Crippen LogP contribution < -0.4 is 5.32 Å². The number of carbonyl (C=O) groups is 3. The lowest BCUT2D eigenvalue weighted by Gasteiger charge is -2.07. The first-order valence-corrected chi connectivity index (χ1v) is 7.99. The smallest absolute Gasteiger partial charge is 0.413 e. The van der Waals surface area contributed by atoms with Gasteiger partial charge in [0.15, 0.2) is 5.78 Å². The van der Waals surface area contributed by atoms with Gasteiger partial charge in [0.2, 0.25) is 5.95 Å². The Bertz CT molecular complexity index is 1050. The summed E-state index contributed by atoms with van der Waals surface area (Å²) < 4.78 is 10.9. The summed E-state index contributed by atoms with van der Waals surface area (Å²) in [6, 6.07) is 11.4. The third-order valence-corrected chi connectivity index (χ3v) is 4.12. The van der Waals surface area contributed by atoms with Crippen LogP contribution in [0.1, 0.15) is 26.3 Å². The van der Waals surface area contributed by atoms with E-state index in [1.807, 2.05) is 0 Å². The molecular formula is C19H17N3O5. The molecule has 0 fully saturated rings. The summed E-state index contributed by atoms with van der Waals surface area (Å²) in [7, 11) is 4.23. The van der Waals surface area contributed by atoms with Crippen LogP contribution in [-0.2, 0) is 16.5 Å². The number of hydrogen-bond acceptors (Lipinski definition) is 6. The van der Waals surface area contributed by atoms with Crippen LogP contribution in [0.5, 0.6) is 0 Å². The molecule has 1 heterocycles. The maximum atomic E-state index is 12.9. The molecule has 0 saturated carbocycles. The van der Waals surface area contributed by atoms with E-state index in [1.165, 1.54) is 14.2 Å². The zero-order valence-corrected chi connectivity index (χ0v) is 15.0. The van der Waals surface area contributed by atoms with E-state index >= 15 is 0 Å². The van der Waals surface area contributed by atoms with Crippen molar-refractivity contribution in [3.63, 3.8) is 0 Å². The number of ketones is 1. The highest BCUT2D eigenvalue weighted by Gasteiger charge is 2.20. The molecular weight excluding hydrogens is 350 g/mol. The third kappa shape index (κ3) is 3.37. The number of carbonyl (C=O) groups excluding carboxylic acids is 3. The fourth-order valence-corrected chi connectivity index (χ4v) is 2.71. The van der Waals surface area contributed by atoms with Gasteiger partial charge in [-0.2, -0.15) is 0 Å². The first kappa shape index (κ1) is 18.1. The summed E-state index contributed by atoms with van der Waals surface area (Å²) in [6.45, 7) is 0. The van der Waals surface area contributed by atoms with Crippen LogP contribution in [0, 0.1) is 0 Å². The lowest BCUT2D eigenvalue weighted by atomic mass is 9.98. The van der Waals surface area contributed by atoms with E-state index in [9.17, 15) is 14.4 Å². The lowest BCUT2D eigenvalue weighted by Crippen LogP contribution is -2.14. The number of methoxy groups -OCH3 is 2. The minimum Gasteiger partial charge on any atom is -0.465 e. The van der Waals surface area contributed by atoms with E-state index < -0.39 is 12.1 Å². The molecule has 8 heteroatoms. The Hall–Kier alpha value is -3.68. The Morgan fingerprint density at radius 3 is 2.37 bits per heavy atom. The number of ether oxygens (including phenoxy) is 2. The van der Waals surface area contributed by atoms with Gasteiger partial charge in [-0.1, -0.05) is 18.2 Å². The Kier molecular flexibility index (Phi) is 4.89. The zero-order valence-electron chi connectivity index (χ0n) is 15.0. The molecule has 0 spiro atoms. The number of aromatic nitrogens is 2. The number of nitrogens with zero attached hydrogens (tertiary/aromatic N) is 2. The molecule has 27 heavy (non-hydrogen) atoms. The second kappa shape index (κ2) is 7.28. The van der Waals surface area contributed by atoms with Crippen molar-refractivity contribution in [1.82, 2.24) is 9.55 Å². The third-order valence-electron chi connectivity index (χ3n) is 4.12. The van der Waals surface area contributed by atoms with Gasteiger partial charge in [-0.05, 0) is 24.3 Å².